The van der Waals surface area contributed by atoms with Gasteiger partial charge in [-0.15, -0.1) is 0 Å². The fraction of sp³-hybridized carbons (Fsp3) is 0.190. The van der Waals surface area contributed by atoms with E-state index in [9.17, 15) is 9.90 Å². The fourth-order valence-electron chi connectivity index (χ4n) is 3.21. The van der Waals surface area contributed by atoms with Crippen LogP contribution in [0.2, 0.25) is 0 Å². The second-order valence-corrected chi connectivity index (χ2v) is 6.46. The molecule has 2 aromatic carbocycles. The molecular formula is C21H20N2O4. The number of aromatic nitrogens is 1. The molecule has 2 heterocycles. The van der Waals surface area contributed by atoms with Crippen LogP contribution in [0.5, 0.6) is 5.75 Å². The standard InChI is InChI=1S/C21H20N2O4/c1-23-9-8-13-10-14(6-7-16(13)23)17(24)12-22-21(25)19-11-15-4-3-5-18(26-2)20(15)27-19/h3-11,17,24H,12H2,1-2H3,(H,22,25)/t17-/m1/s1. The Morgan fingerprint density at radius 1 is 1.22 bits per heavy atom. The first-order chi connectivity index (χ1) is 13.1. The lowest BCUT2D eigenvalue weighted by molar-refractivity contribution is 0.0891. The van der Waals surface area contributed by atoms with E-state index in [1.807, 2.05) is 54.2 Å². The molecule has 1 amide bonds. The molecule has 138 valence electrons. The molecule has 0 unspecified atom stereocenters. The van der Waals surface area contributed by atoms with Gasteiger partial charge in [-0.3, -0.25) is 4.79 Å². The molecule has 0 bridgehead atoms. The van der Waals surface area contributed by atoms with E-state index in [2.05, 4.69) is 5.32 Å². The maximum Gasteiger partial charge on any atom is 0.287 e. The number of rotatable bonds is 5. The van der Waals surface area contributed by atoms with Crippen LogP contribution in [-0.4, -0.2) is 29.2 Å². The number of hydrogen-bond donors (Lipinski definition) is 2. The van der Waals surface area contributed by atoms with Gasteiger partial charge in [0.15, 0.2) is 17.1 Å². The normalized spacial score (nSPS) is 12.4. The number of amides is 1. The Bertz CT molecular complexity index is 1130. The van der Waals surface area contributed by atoms with Gasteiger partial charge in [-0.05, 0) is 41.3 Å². The molecule has 0 spiro atoms. The summed E-state index contributed by atoms with van der Waals surface area (Å²) in [5.74, 6) is 0.371. The molecule has 6 nitrogen and oxygen atoms in total. The van der Waals surface area contributed by atoms with Gasteiger partial charge in [-0.25, -0.2) is 0 Å². The largest absolute Gasteiger partial charge is 0.493 e. The molecule has 0 aliphatic carbocycles. The first kappa shape index (κ1) is 17.2. The number of aliphatic hydroxyl groups is 1. The summed E-state index contributed by atoms with van der Waals surface area (Å²) in [5, 5.41) is 15.0. The summed E-state index contributed by atoms with van der Waals surface area (Å²) in [6.07, 6.45) is 1.16. The quantitative estimate of drug-likeness (QED) is 0.569. The lowest BCUT2D eigenvalue weighted by atomic mass is 10.1. The minimum atomic E-state index is -0.808. The molecule has 2 N–H and O–H groups in total. The lowest BCUT2D eigenvalue weighted by Crippen LogP contribution is -2.28. The zero-order valence-electron chi connectivity index (χ0n) is 15.1. The molecule has 1 atom stereocenters. The van der Waals surface area contributed by atoms with Gasteiger partial charge in [-0.1, -0.05) is 18.2 Å². The number of ether oxygens (including phenoxy) is 1. The molecule has 2 aromatic heterocycles. The smallest absolute Gasteiger partial charge is 0.287 e. The molecule has 0 fully saturated rings. The molecule has 6 heteroatoms. The van der Waals surface area contributed by atoms with Crippen LogP contribution in [0.4, 0.5) is 0 Å². The van der Waals surface area contributed by atoms with Gasteiger partial charge in [-0.2, -0.15) is 0 Å². The molecule has 0 radical (unpaired) electrons. The van der Waals surface area contributed by atoms with Gasteiger partial charge in [0.05, 0.1) is 13.2 Å². The van der Waals surface area contributed by atoms with Crippen molar-refractivity contribution in [1.82, 2.24) is 9.88 Å². The second kappa shape index (κ2) is 6.81. The van der Waals surface area contributed by atoms with Crippen molar-refractivity contribution in [3.63, 3.8) is 0 Å². The van der Waals surface area contributed by atoms with Crippen LogP contribution in [0.15, 0.2) is 59.1 Å². The van der Waals surface area contributed by atoms with Gasteiger partial charge < -0.3 is 24.1 Å². The zero-order valence-corrected chi connectivity index (χ0v) is 15.1. The van der Waals surface area contributed by atoms with Gasteiger partial charge in [0.1, 0.15) is 0 Å². The summed E-state index contributed by atoms with van der Waals surface area (Å²) in [4.78, 5) is 12.4. The molecule has 0 saturated heterocycles. The number of aliphatic hydroxyl groups excluding tert-OH is 1. The van der Waals surface area contributed by atoms with Crippen molar-refractivity contribution >= 4 is 27.8 Å². The van der Waals surface area contributed by atoms with E-state index in [0.29, 0.717) is 11.3 Å². The molecule has 0 aliphatic heterocycles. The van der Waals surface area contributed by atoms with Crippen molar-refractivity contribution < 1.29 is 19.1 Å². The van der Waals surface area contributed by atoms with Crippen LogP contribution in [0.25, 0.3) is 21.9 Å². The highest BCUT2D eigenvalue weighted by Gasteiger charge is 2.16. The first-order valence-corrected chi connectivity index (χ1v) is 8.64. The predicted octanol–water partition coefficient (Wildman–Crippen LogP) is 3.40. The van der Waals surface area contributed by atoms with Gasteiger partial charge in [0.2, 0.25) is 0 Å². The van der Waals surface area contributed by atoms with E-state index in [-0.39, 0.29) is 18.2 Å². The number of carbonyl (C=O) groups excluding carboxylic acids is 1. The summed E-state index contributed by atoms with van der Waals surface area (Å²) in [5.41, 5.74) is 2.37. The van der Waals surface area contributed by atoms with E-state index in [1.165, 1.54) is 0 Å². The summed E-state index contributed by atoms with van der Waals surface area (Å²) in [7, 11) is 3.53. The minimum absolute atomic E-state index is 0.0886. The highest BCUT2D eigenvalue weighted by Crippen LogP contribution is 2.28. The van der Waals surface area contributed by atoms with Crippen molar-refractivity contribution in [2.45, 2.75) is 6.10 Å². The Kier molecular flexibility index (Phi) is 4.33. The summed E-state index contributed by atoms with van der Waals surface area (Å²) >= 11 is 0. The van der Waals surface area contributed by atoms with Crippen LogP contribution in [0.1, 0.15) is 22.2 Å². The number of furan rings is 1. The monoisotopic (exact) mass is 364 g/mol. The van der Waals surface area contributed by atoms with Crippen molar-refractivity contribution in [1.29, 1.82) is 0 Å². The van der Waals surface area contributed by atoms with Gasteiger partial charge in [0, 0.05) is 30.7 Å². The van der Waals surface area contributed by atoms with Crippen LogP contribution >= 0.6 is 0 Å². The van der Waals surface area contributed by atoms with E-state index in [1.54, 1.807) is 19.2 Å². The average Bonchev–Trinajstić information content (AvgIpc) is 3.29. The van der Waals surface area contributed by atoms with Crippen LogP contribution in [-0.2, 0) is 7.05 Å². The predicted molar refractivity (Wildman–Crippen MR) is 103 cm³/mol. The Morgan fingerprint density at radius 3 is 2.89 bits per heavy atom. The number of aryl methyl sites for hydroxylation is 1. The van der Waals surface area contributed by atoms with Crippen molar-refractivity contribution in [3.8, 4) is 5.75 Å². The van der Waals surface area contributed by atoms with E-state index in [4.69, 9.17) is 9.15 Å². The average molecular weight is 364 g/mol. The Balaban J connectivity index is 1.48. The topological polar surface area (TPSA) is 76.6 Å². The number of carbonyl (C=O) groups is 1. The molecular weight excluding hydrogens is 344 g/mol. The SMILES string of the molecule is COc1cccc2cc(C(=O)NC[C@@H](O)c3ccc4c(ccn4C)c3)oc12. The van der Waals surface area contributed by atoms with Crippen LogP contribution in [0, 0.1) is 0 Å². The molecule has 0 aliphatic rings. The van der Waals surface area contributed by atoms with E-state index >= 15 is 0 Å². The van der Waals surface area contributed by atoms with Crippen molar-refractivity contribution in [3.05, 3.63) is 66.1 Å². The lowest BCUT2D eigenvalue weighted by Gasteiger charge is -2.12. The molecule has 4 rings (SSSR count). The van der Waals surface area contributed by atoms with Crippen LogP contribution in [0.3, 0.4) is 0 Å². The Hall–Kier alpha value is -3.25. The Morgan fingerprint density at radius 2 is 2.07 bits per heavy atom. The summed E-state index contributed by atoms with van der Waals surface area (Å²) in [6.45, 7) is 0.0886. The highest BCUT2D eigenvalue weighted by molar-refractivity contribution is 5.97. The second-order valence-electron chi connectivity index (χ2n) is 6.46. The van der Waals surface area contributed by atoms with Crippen molar-refractivity contribution in [2.24, 2.45) is 7.05 Å². The Labute approximate surface area is 156 Å². The van der Waals surface area contributed by atoms with E-state index < -0.39 is 6.10 Å². The maximum atomic E-state index is 12.4. The molecule has 4 aromatic rings. The van der Waals surface area contributed by atoms with Gasteiger partial charge in [0.25, 0.3) is 5.91 Å². The van der Waals surface area contributed by atoms with E-state index in [0.717, 1.165) is 21.9 Å². The fourth-order valence-corrected chi connectivity index (χ4v) is 3.21. The van der Waals surface area contributed by atoms with Crippen LogP contribution < -0.4 is 10.1 Å². The maximum absolute atomic E-state index is 12.4. The number of fused-ring (bicyclic) bond motifs is 2. The summed E-state index contributed by atoms with van der Waals surface area (Å²) in [6, 6.07) is 14.9. The van der Waals surface area contributed by atoms with Crippen molar-refractivity contribution in [2.75, 3.05) is 13.7 Å². The number of nitrogens with one attached hydrogen (secondary N) is 1. The number of benzene rings is 2. The third-order valence-corrected chi connectivity index (χ3v) is 4.70. The third kappa shape index (κ3) is 3.15. The number of methoxy groups -OCH3 is 1. The number of nitrogens with zero attached hydrogens (tertiary/aromatic N) is 1. The van der Waals surface area contributed by atoms with Gasteiger partial charge >= 0.3 is 0 Å². The zero-order chi connectivity index (χ0) is 19.0. The minimum Gasteiger partial charge on any atom is -0.493 e. The summed E-state index contributed by atoms with van der Waals surface area (Å²) < 4.78 is 12.9. The number of hydrogen-bond acceptors (Lipinski definition) is 4. The molecule has 0 saturated carbocycles. The third-order valence-electron chi connectivity index (χ3n) is 4.70. The molecule has 27 heavy (non-hydrogen) atoms. The number of para-hydroxylation sites is 1. The first-order valence-electron chi connectivity index (χ1n) is 8.64. The highest BCUT2D eigenvalue weighted by atomic mass is 16.5.